The van der Waals surface area contributed by atoms with Gasteiger partial charge in [-0.25, -0.2) is 0 Å². The van der Waals surface area contributed by atoms with E-state index in [0.717, 1.165) is 17.1 Å². The molecule has 4 heteroatoms. The Hall–Kier alpha value is -1.29. The molecule has 0 unspecified atom stereocenters. The van der Waals surface area contributed by atoms with Gasteiger partial charge in [0.05, 0.1) is 0 Å². The van der Waals surface area contributed by atoms with Gasteiger partial charge in [0.25, 0.3) is 0 Å². The summed E-state index contributed by atoms with van der Waals surface area (Å²) in [5.41, 5.74) is 1.10. The van der Waals surface area contributed by atoms with Crippen LogP contribution in [0.3, 0.4) is 0 Å². The Bertz CT molecular complexity index is 417. The second kappa shape index (κ2) is 3.13. The number of hydrogen-bond donors (Lipinski definition) is 1. The van der Waals surface area contributed by atoms with Crippen molar-refractivity contribution < 1.29 is 4.52 Å². The van der Waals surface area contributed by atoms with Crippen LogP contribution in [0.2, 0.25) is 0 Å². The van der Waals surface area contributed by atoms with Crippen LogP contribution in [0, 0.1) is 0 Å². The summed E-state index contributed by atoms with van der Waals surface area (Å²) in [7, 11) is 0. The van der Waals surface area contributed by atoms with Crippen molar-refractivity contribution in [1.82, 2.24) is 5.16 Å². The molecule has 1 aliphatic carbocycles. The van der Waals surface area contributed by atoms with E-state index in [4.69, 9.17) is 4.52 Å². The second-order valence-corrected chi connectivity index (χ2v) is 4.29. The summed E-state index contributed by atoms with van der Waals surface area (Å²) in [6, 6.07) is 4.61. The fraction of sp³-hybridized carbons (Fsp3) is 0.300. The summed E-state index contributed by atoms with van der Waals surface area (Å²) in [6.07, 6.45) is 2.50. The van der Waals surface area contributed by atoms with Crippen LogP contribution in [0.25, 0.3) is 11.3 Å². The lowest BCUT2D eigenvalue weighted by molar-refractivity contribution is 0.435. The molecule has 0 radical (unpaired) electrons. The molecule has 14 heavy (non-hydrogen) atoms. The summed E-state index contributed by atoms with van der Waals surface area (Å²) >= 11 is 1.66. The second-order valence-electron chi connectivity index (χ2n) is 3.51. The topological polar surface area (TPSA) is 38.1 Å². The maximum Gasteiger partial charge on any atom is 0.170 e. The number of rotatable bonds is 3. The highest BCUT2D eigenvalue weighted by Crippen LogP contribution is 2.28. The maximum absolute atomic E-state index is 5.23. The highest BCUT2D eigenvalue weighted by molar-refractivity contribution is 7.08. The van der Waals surface area contributed by atoms with Crippen LogP contribution in [0.1, 0.15) is 12.8 Å². The van der Waals surface area contributed by atoms with E-state index in [1.807, 2.05) is 17.5 Å². The molecule has 3 rings (SSSR count). The molecule has 1 aliphatic rings. The Morgan fingerprint density at radius 3 is 3.14 bits per heavy atom. The van der Waals surface area contributed by atoms with E-state index in [-0.39, 0.29) is 0 Å². The monoisotopic (exact) mass is 206 g/mol. The smallest absolute Gasteiger partial charge is 0.170 e. The highest BCUT2D eigenvalue weighted by atomic mass is 32.1. The summed E-state index contributed by atoms with van der Waals surface area (Å²) < 4.78 is 5.23. The zero-order valence-electron chi connectivity index (χ0n) is 7.56. The first-order valence-electron chi connectivity index (χ1n) is 4.67. The summed E-state index contributed by atoms with van der Waals surface area (Å²) in [5.74, 6) is 1.70. The van der Waals surface area contributed by atoms with Gasteiger partial charge in [0.2, 0.25) is 0 Å². The van der Waals surface area contributed by atoms with Crippen LogP contribution in [0.4, 0.5) is 5.82 Å². The van der Waals surface area contributed by atoms with Crippen molar-refractivity contribution in [2.24, 2.45) is 0 Å². The Balaban J connectivity index is 1.82. The molecule has 0 aromatic carbocycles. The van der Waals surface area contributed by atoms with Crippen molar-refractivity contribution in [3.63, 3.8) is 0 Å². The van der Waals surface area contributed by atoms with Crippen LogP contribution < -0.4 is 5.32 Å². The Kier molecular flexibility index (Phi) is 1.80. The third kappa shape index (κ3) is 1.53. The Labute approximate surface area is 85.7 Å². The summed E-state index contributed by atoms with van der Waals surface area (Å²) in [4.78, 5) is 0. The first-order chi connectivity index (χ1) is 6.92. The molecule has 0 spiro atoms. The number of nitrogens with one attached hydrogen (secondary N) is 1. The standard InChI is InChI=1S/C10H10N2OS/c1-2-8(1)11-10-5-9(13-12-10)7-3-4-14-6-7/h3-6,8H,1-2H2,(H,11,12). The van der Waals surface area contributed by atoms with E-state index < -0.39 is 0 Å². The molecule has 2 aromatic rings. The minimum Gasteiger partial charge on any atom is -0.365 e. The van der Waals surface area contributed by atoms with Gasteiger partial charge in [-0.1, -0.05) is 5.16 Å². The van der Waals surface area contributed by atoms with E-state index in [1.54, 1.807) is 11.3 Å². The lowest BCUT2D eigenvalue weighted by Gasteiger charge is -1.93. The highest BCUT2D eigenvalue weighted by Gasteiger charge is 2.22. The van der Waals surface area contributed by atoms with Crippen LogP contribution in [0.15, 0.2) is 27.4 Å². The van der Waals surface area contributed by atoms with E-state index in [2.05, 4.69) is 15.9 Å². The van der Waals surface area contributed by atoms with Crippen molar-refractivity contribution in [3.05, 3.63) is 22.9 Å². The van der Waals surface area contributed by atoms with Crippen molar-refractivity contribution in [2.45, 2.75) is 18.9 Å². The normalized spacial score (nSPS) is 15.7. The number of anilines is 1. The number of thiophene rings is 1. The zero-order valence-corrected chi connectivity index (χ0v) is 8.38. The Morgan fingerprint density at radius 1 is 1.50 bits per heavy atom. The largest absolute Gasteiger partial charge is 0.365 e. The molecule has 2 heterocycles. The van der Waals surface area contributed by atoms with Gasteiger partial charge in [-0.05, 0) is 24.3 Å². The predicted octanol–water partition coefficient (Wildman–Crippen LogP) is 2.98. The summed E-state index contributed by atoms with van der Waals surface area (Å²) in [5, 5.41) is 11.4. The molecule has 0 atom stereocenters. The minimum atomic E-state index is 0.621. The maximum atomic E-state index is 5.23. The quantitative estimate of drug-likeness (QED) is 0.839. The van der Waals surface area contributed by atoms with E-state index >= 15 is 0 Å². The van der Waals surface area contributed by atoms with Crippen molar-refractivity contribution in [2.75, 3.05) is 5.32 Å². The van der Waals surface area contributed by atoms with Crippen molar-refractivity contribution in [1.29, 1.82) is 0 Å². The van der Waals surface area contributed by atoms with Crippen LogP contribution in [0.5, 0.6) is 0 Å². The van der Waals surface area contributed by atoms with Gasteiger partial charge in [-0.2, -0.15) is 11.3 Å². The minimum absolute atomic E-state index is 0.621. The summed E-state index contributed by atoms with van der Waals surface area (Å²) in [6.45, 7) is 0. The molecule has 3 nitrogen and oxygen atoms in total. The van der Waals surface area contributed by atoms with E-state index in [0.29, 0.717) is 6.04 Å². The van der Waals surface area contributed by atoms with Gasteiger partial charge in [-0.15, -0.1) is 0 Å². The first-order valence-corrected chi connectivity index (χ1v) is 5.62. The average molecular weight is 206 g/mol. The van der Waals surface area contributed by atoms with Crippen molar-refractivity contribution >= 4 is 17.2 Å². The van der Waals surface area contributed by atoms with E-state index in [1.165, 1.54) is 12.8 Å². The van der Waals surface area contributed by atoms with Gasteiger partial charge < -0.3 is 9.84 Å². The lowest BCUT2D eigenvalue weighted by atomic mass is 10.3. The van der Waals surface area contributed by atoms with Crippen molar-refractivity contribution in [3.8, 4) is 11.3 Å². The molecule has 0 aliphatic heterocycles. The Morgan fingerprint density at radius 2 is 2.43 bits per heavy atom. The molecular weight excluding hydrogens is 196 g/mol. The number of nitrogens with zero attached hydrogens (tertiary/aromatic N) is 1. The lowest BCUT2D eigenvalue weighted by Crippen LogP contribution is -1.99. The fourth-order valence-electron chi connectivity index (χ4n) is 1.32. The molecule has 72 valence electrons. The zero-order chi connectivity index (χ0) is 9.38. The SMILES string of the molecule is c1cc(-c2cc(NC3CC3)no2)cs1. The average Bonchev–Trinajstić information content (AvgIpc) is 2.71. The number of aromatic nitrogens is 1. The predicted molar refractivity (Wildman–Crippen MR) is 56.5 cm³/mol. The molecule has 1 saturated carbocycles. The van der Waals surface area contributed by atoms with Gasteiger partial charge in [-0.3, -0.25) is 0 Å². The van der Waals surface area contributed by atoms with Gasteiger partial charge in [0.15, 0.2) is 11.6 Å². The molecular formula is C10H10N2OS. The molecule has 1 fully saturated rings. The van der Waals surface area contributed by atoms with E-state index in [9.17, 15) is 0 Å². The molecule has 1 N–H and O–H groups in total. The van der Waals surface area contributed by atoms with Crippen LogP contribution in [-0.2, 0) is 0 Å². The fourth-order valence-corrected chi connectivity index (χ4v) is 1.97. The van der Waals surface area contributed by atoms with Crippen LogP contribution in [-0.4, -0.2) is 11.2 Å². The number of hydrogen-bond acceptors (Lipinski definition) is 4. The molecule has 0 amide bonds. The van der Waals surface area contributed by atoms with Gasteiger partial charge in [0, 0.05) is 23.1 Å². The van der Waals surface area contributed by atoms with Gasteiger partial charge in [0.1, 0.15) is 0 Å². The van der Waals surface area contributed by atoms with Crippen LogP contribution >= 0.6 is 11.3 Å². The molecule has 0 saturated heterocycles. The third-order valence-corrected chi connectivity index (χ3v) is 2.93. The van der Waals surface area contributed by atoms with Gasteiger partial charge >= 0.3 is 0 Å². The molecule has 0 bridgehead atoms. The first kappa shape index (κ1) is 8.05. The third-order valence-electron chi connectivity index (χ3n) is 2.25. The molecule has 2 aromatic heterocycles.